The molecule has 0 aliphatic heterocycles. The summed E-state index contributed by atoms with van der Waals surface area (Å²) >= 11 is 6.23. The van der Waals surface area contributed by atoms with Crippen molar-refractivity contribution in [1.29, 1.82) is 0 Å². The molecule has 1 aromatic heterocycles. The number of benzene rings is 3. The Morgan fingerprint density at radius 3 is 2.52 bits per heavy atom. The smallest absolute Gasteiger partial charge is 0.253 e. The molecule has 0 bridgehead atoms. The lowest BCUT2D eigenvalue weighted by molar-refractivity contribution is 0.0952. The number of carbonyl (C=O) groups is 1. The van der Waals surface area contributed by atoms with Gasteiger partial charge < -0.3 is 15.2 Å². The summed E-state index contributed by atoms with van der Waals surface area (Å²) in [4.78, 5) is 13.0. The molecular weight excluding hydrogens is 430 g/mol. The average Bonchev–Trinajstić information content (AvgIpc) is 3.22. The molecule has 2 N–H and O–H groups in total. The zero-order valence-corrected chi connectivity index (χ0v) is 19.7. The van der Waals surface area contributed by atoms with Crippen LogP contribution in [0.3, 0.4) is 0 Å². The first kappa shape index (κ1) is 23.1. The third-order valence-corrected chi connectivity index (χ3v) is 6.37. The van der Waals surface area contributed by atoms with Gasteiger partial charge in [-0.1, -0.05) is 85.3 Å². The van der Waals surface area contributed by atoms with E-state index in [1.54, 1.807) is 0 Å². The number of nitrogens with one attached hydrogen (secondary N) is 2. The Morgan fingerprint density at radius 2 is 1.70 bits per heavy atom. The number of aryl methyl sites for hydroxylation is 1. The van der Waals surface area contributed by atoms with Gasteiger partial charge in [-0.25, -0.2) is 0 Å². The Bertz CT molecular complexity index is 1200. The van der Waals surface area contributed by atoms with Gasteiger partial charge in [0.2, 0.25) is 0 Å². The van der Waals surface area contributed by atoms with Gasteiger partial charge in [0.05, 0.1) is 5.56 Å². The van der Waals surface area contributed by atoms with E-state index in [2.05, 4.69) is 58.5 Å². The third kappa shape index (κ3) is 5.84. The van der Waals surface area contributed by atoms with Gasteiger partial charge in [0, 0.05) is 41.8 Å². The van der Waals surface area contributed by atoms with E-state index in [-0.39, 0.29) is 5.91 Å². The fraction of sp³-hybridized carbons (Fsp3) is 0.250. The highest BCUT2D eigenvalue weighted by atomic mass is 35.5. The van der Waals surface area contributed by atoms with Gasteiger partial charge in [-0.2, -0.15) is 0 Å². The highest BCUT2D eigenvalue weighted by molar-refractivity contribution is 6.31. The van der Waals surface area contributed by atoms with Gasteiger partial charge in [-0.15, -0.1) is 0 Å². The molecule has 0 aliphatic rings. The number of rotatable bonds is 10. The number of halogens is 1. The van der Waals surface area contributed by atoms with Gasteiger partial charge in [0.1, 0.15) is 0 Å². The maximum absolute atomic E-state index is 13.0. The van der Waals surface area contributed by atoms with E-state index in [9.17, 15) is 4.79 Å². The second kappa shape index (κ2) is 11.2. The SMILES string of the molecule is CC(CNCCCn1cc(C(=O)NCc2ccccc2Cl)c2ccccc21)c1ccccc1. The summed E-state index contributed by atoms with van der Waals surface area (Å²) in [5.41, 5.74) is 4.04. The molecular formula is C28H30ClN3O. The normalized spacial score (nSPS) is 12.1. The van der Waals surface area contributed by atoms with Crippen LogP contribution in [0.2, 0.25) is 5.02 Å². The third-order valence-electron chi connectivity index (χ3n) is 6.00. The lowest BCUT2D eigenvalue weighted by atomic mass is 10.0. The van der Waals surface area contributed by atoms with Crippen molar-refractivity contribution >= 4 is 28.4 Å². The zero-order valence-electron chi connectivity index (χ0n) is 18.9. The molecule has 1 amide bonds. The predicted octanol–water partition coefficient (Wildman–Crippen LogP) is 6.01. The van der Waals surface area contributed by atoms with E-state index < -0.39 is 0 Å². The van der Waals surface area contributed by atoms with Crippen LogP contribution in [0.25, 0.3) is 10.9 Å². The number of fused-ring (bicyclic) bond motifs is 1. The molecule has 5 heteroatoms. The first-order valence-corrected chi connectivity index (χ1v) is 11.9. The lowest BCUT2D eigenvalue weighted by Gasteiger charge is -2.13. The van der Waals surface area contributed by atoms with Gasteiger partial charge in [0.15, 0.2) is 0 Å². The summed E-state index contributed by atoms with van der Waals surface area (Å²) in [7, 11) is 0. The molecule has 0 saturated heterocycles. The molecule has 1 heterocycles. The van der Waals surface area contributed by atoms with Crippen LogP contribution in [0.15, 0.2) is 85.1 Å². The molecule has 4 nitrogen and oxygen atoms in total. The highest BCUT2D eigenvalue weighted by Crippen LogP contribution is 2.22. The first-order valence-electron chi connectivity index (χ1n) is 11.5. The van der Waals surface area contributed by atoms with Crippen molar-refractivity contribution in [3.8, 4) is 0 Å². The van der Waals surface area contributed by atoms with E-state index in [4.69, 9.17) is 11.6 Å². The number of hydrogen-bond acceptors (Lipinski definition) is 2. The molecule has 170 valence electrons. The molecule has 0 saturated carbocycles. The van der Waals surface area contributed by atoms with Crippen molar-refractivity contribution in [2.45, 2.75) is 32.4 Å². The molecule has 1 atom stereocenters. The molecule has 33 heavy (non-hydrogen) atoms. The van der Waals surface area contributed by atoms with Gasteiger partial charge in [0.25, 0.3) is 5.91 Å². The van der Waals surface area contributed by atoms with Crippen LogP contribution < -0.4 is 10.6 Å². The Hall–Kier alpha value is -3.08. The van der Waals surface area contributed by atoms with Crippen molar-refractivity contribution in [3.63, 3.8) is 0 Å². The Morgan fingerprint density at radius 1 is 0.970 bits per heavy atom. The standard InChI is InChI=1S/C28H30ClN3O/c1-21(22-10-3-2-4-11-22)18-30-16-9-17-32-20-25(24-13-6-8-15-27(24)32)28(33)31-19-23-12-5-7-14-26(23)29/h2-8,10-15,20-21,30H,9,16-19H2,1H3,(H,31,33). The van der Waals surface area contributed by atoms with E-state index in [0.717, 1.165) is 42.5 Å². The minimum atomic E-state index is -0.0836. The van der Waals surface area contributed by atoms with Crippen molar-refractivity contribution in [3.05, 3.63) is 107 Å². The maximum Gasteiger partial charge on any atom is 0.253 e. The van der Waals surface area contributed by atoms with E-state index in [0.29, 0.717) is 23.0 Å². The van der Waals surface area contributed by atoms with Crippen LogP contribution in [-0.4, -0.2) is 23.6 Å². The van der Waals surface area contributed by atoms with Crippen LogP contribution in [0.5, 0.6) is 0 Å². The second-order valence-electron chi connectivity index (χ2n) is 8.40. The quantitative estimate of drug-likeness (QED) is 0.285. The molecule has 1 unspecified atom stereocenters. The number of amides is 1. The summed E-state index contributed by atoms with van der Waals surface area (Å²) in [5, 5.41) is 8.22. The zero-order chi connectivity index (χ0) is 23.0. The number of aromatic nitrogens is 1. The van der Waals surface area contributed by atoms with Crippen LogP contribution >= 0.6 is 11.6 Å². The fourth-order valence-electron chi connectivity index (χ4n) is 4.12. The van der Waals surface area contributed by atoms with Crippen molar-refractivity contribution in [2.24, 2.45) is 0 Å². The monoisotopic (exact) mass is 459 g/mol. The minimum Gasteiger partial charge on any atom is -0.348 e. The Labute approximate surface area is 200 Å². The largest absolute Gasteiger partial charge is 0.348 e. The topological polar surface area (TPSA) is 46.1 Å². The predicted molar refractivity (Wildman–Crippen MR) is 137 cm³/mol. The minimum absolute atomic E-state index is 0.0836. The molecule has 0 radical (unpaired) electrons. The fourth-order valence-corrected chi connectivity index (χ4v) is 4.32. The molecule has 4 rings (SSSR count). The van der Waals surface area contributed by atoms with E-state index in [1.165, 1.54) is 5.56 Å². The summed E-state index contributed by atoms with van der Waals surface area (Å²) in [6, 6.07) is 26.2. The average molecular weight is 460 g/mol. The Kier molecular flexibility index (Phi) is 7.82. The number of hydrogen-bond donors (Lipinski definition) is 2. The van der Waals surface area contributed by atoms with Crippen molar-refractivity contribution in [1.82, 2.24) is 15.2 Å². The van der Waals surface area contributed by atoms with Crippen LogP contribution in [0, 0.1) is 0 Å². The summed E-state index contributed by atoms with van der Waals surface area (Å²) in [6.45, 7) is 5.38. The van der Waals surface area contributed by atoms with Gasteiger partial charge in [-0.05, 0) is 42.1 Å². The molecule has 4 aromatic rings. The first-order chi connectivity index (χ1) is 16.1. The molecule has 3 aromatic carbocycles. The summed E-state index contributed by atoms with van der Waals surface area (Å²) < 4.78 is 2.18. The van der Waals surface area contributed by atoms with E-state index >= 15 is 0 Å². The van der Waals surface area contributed by atoms with Crippen molar-refractivity contribution in [2.75, 3.05) is 13.1 Å². The van der Waals surface area contributed by atoms with Gasteiger partial charge in [-0.3, -0.25) is 4.79 Å². The van der Waals surface area contributed by atoms with Crippen molar-refractivity contribution < 1.29 is 4.79 Å². The van der Waals surface area contributed by atoms with Crippen LogP contribution in [0.4, 0.5) is 0 Å². The number of para-hydroxylation sites is 1. The van der Waals surface area contributed by atoms with Crippen LogP contribution in [-0.2, 0) is 13.1 Å². The summed E-state index contributed by atoms with van der Waals surface area (Å²) in [5.74, 6) is 0.395. The van der Waals surface area contributed by atoms with Crippen LogP contribution in [0.1, 0.15) is 40.7 Å². The number of carbonyl (C=O) groups excluding carboxylic acids is 1. The number of nitrogens with zero attached hydrogens (tertiary/aromatic N) is 1. The van der Waals surface area contributed by atoms with E-state index in [1.807, 2.05) is 48.7 Å². The highest BCUT2D eigenvalue weighted by Gasteiger charge is 2.15. The lowest BCUT2D eigenvalue weighted by Crippen LogP contribution is -2.23. The second-order valence-corrected chi connectivity index (χ2v) is 8.80. The summed E-state index contributed by atoms with van der Waals surface area (Å²) in [6.07, 6.45) is 2.96. The maximum atomic E-state index is 13.0. The molecule has 0 spiro atoms. The molecule has 0 aliphatic carbocycles. The van der Waals surface area contributed by atoms with Gasteiger partial charge >= 0.3 is 0 Å². The molecule has 0 fully saturated rings. The Balaban J connectivity index is 1.34.